The number of morpholine rings is 1. The van der Waals surface area contributed by atoms with E-state index < -0.39 is 6.10 Å². The Balaban J connectivity index is 2.02. The second-order valence-corrected chi connectivity index (χ2v) is 5.49. The summed E-state index contributed by atoms with van der Waals surface area (Å²) in [6.45, 7) is 5.05. The van der Waals surface area contributed by atoms with Crippen molar-refractivity contribution < 1.29 is 13.9 Å². The molecule has 1 aliphatic heterocycles. The molecular weight excluding hydrogens is 313 g/mol. The highest BCUT2D eigenvalue weighted by atomic mass is 79.9. The number of carbonyl (C=O) groups excluding carboxylic acids is 1. The van der Waals surface area contributed by atoms with E-state index >= 15 is 0 Å². The highest BCUT2D eigenvalue weighted by Gasteiger charge is 2.26. The van der Waals surface area contributed by atoms with Gasteiger partial charge in [0.15, 0.2) is 5.78 Å². The van der Waals surface area contributed by atoms with Crippen molar-refractivity contribution in [3.63, 3.8) is 0 Å². The fraction of sp³-hybridized carbons (Fsp3) is 0.500. The molecule has 0 spiro atoms. The fourth-order valence-electron chi connectivity index (χ4n) is 2.16. The van der Waals surface area contributed by atoms with Gasteiger partial charge in [0.2, 0.25) is 0 Å². The molecule has 1 aromatic carbocycles. The highest BCUT2D eigenvalue weighted by Crippen LogP contribution is 2.20. The van der Waals surface area contributed by atoms with Crippen LogP contribution in [0.1, 0.15) is 12.5 Å². The molecule has 1 atom stereocenters. The Morgan fingerprint density at radius 2 is 2.37 bits per heavy atom. The summed E-state index contributed by atoms with van der Waals surface area (Å²) in [5.74, 6) is -0.324. The molecule has 1 fully saturated rings. The quantitative estimate of drug-likeness (QED) is 0.849. The van der Waals surface area contributed by atoms with E-state index in [9.17, 15) is 9.18 Å². The van der Waals surface area contributed by atoms with Gasteiger partial charge in [-0.3, -0.25) is 9.69 Å². The number of benzene rings is 1. The SMILES string of the molecule is CCN1CCOC(C(=O)Cc2cc(F)ccc2Br)C1. The lowest BCUT2D eigenvalue weighted by Crippen LogP contribution is -2.46. The van der Waals surface area contributed by atoms with Crippen molar-refractivity contribution in [3.05, 3.63) is 34.1 Å². The maximum atomic E-state index is 13.2. The molecule has 0 aliphatic carbocycles. The number of halogens is 2. The van der Waals surface area contributed by atoms with Gasteiger partial charge in [-0.2, -0.15) is 0 Å². The van der Waals surface area contributed by atoms with Gasteiger partial charge in [0.25, 0.3) is 0 Å². The molecule has 2 rings (SSSR count). The number of Topliss-reactive ketones (excluding diaryl/α,β-unsaturated/α-hetero) is 1. The van der Waals surface area contributed by atoms with Gasteiger partial charge in [0.05, 0.1) is 6.61 Å². The van der Waals surface area contributed by atoms with Crippen LogP contribution in [0.2, 0.25) is 0 Å². The van der Waals surface area contributed by atoms with Crippen molar-refractivity contribution in [1.29, 1.82) is 0 Å². The Hall–Kier alpha value is -0.780. The van der Waals surface area contributed by atoms with E-state index in [1.54, 1.807) is 6.07 Å². The zero-order valence-electron chi connectivity index (χ0n) is 10.9. The van der Waals surface area contributed by atoms with E-state index in [2.05, 4.69) is 27.8 Å². The van der Waals surface area contributed by atoms with Crippen LogP contribution >= 0.6 is 15.9 Å². The highest BCUT2D eigenvalue weighted by molar-refractivity contribution is 9.10. The van der Waals surface area contributed by atoms with Crippen LogP contribution < -0.4 is 0 Å². The Morgan fingerprint density at radius 1 is 1.58 bits per heavy atom. The van der Waals surface area contributed by atoms with E-state index in [0.717, 1.165) is 17.6 Å². The third-order valence-electron chi connectivity index (χ3n) is 3.33. The minimum absolute atomic E-state index is 0.00412. The van der Waals surface area contributed by atoms with Gasteiger partial charge in [0, 0.05) is 24.0 Å². The predicted molar refractivity (Wildman–Crippen MR) is 74.7 cm³/mol. The minimum atomic E-state index is -0.399. The largest absolute Gasteiger partial charge is 0.368 e. The standard InChI is InChI=1S/C14H17BrFNO2/c1-2-17-5-6-19-14(9-17)13(18)8-10-7-11(16)3-4-12(10)15/h3-4,7,14H,2,5-6,8-9H2,1H3. The second-order valence-electron chi connectivity index (χ2n) is 4.63. The summed E-state index contributed by atoms with van der Waals surface area (Å²) in [7, 11) is 0. The summed E-state index contributed by atoms with van der Waals surface area (Å²) in [4.78, 5) is 14.4. The van der Waals surface area contributed by atoms with E-state index in [1.807, 2.05) is 0 Å². The monoisotopic (exact) mass is 329 g/mol. The van der Waals surface area contributed by atoms with Gasteiger partial charge >= 0.3 is 0 Å². The summed E-state index contributed by atoms with van der Waals surface area (Å²) in [6.07, 6.45) is -0.204. The van der Waals surface area contributed by atoms with Crippen molar-refractivity contribution in [2.24, 2.45) is 0 Å². The molecule has 1 aliphatic rings. The number of rotatable bonds is 4. The van der Waals surface area contributed by atoms with Crippen molar-refractivity contribution in [2.75, 3.05) is 26.2 Å². The minimum Gasteiger partial charge on any atom is -0.368 e. The van der Waals surface area contributed by atoms with Crippen LogP contribution in [0, 0.1) is 5.82 Å². The van der Waals surface area contributed by atoms with Crippen LogP contribution in [0.5, 0.6) is 0 Å². The molecule has 3 nitrogen and oxygen atoms in total. The molecule has 0 N–H and O–H groups in total. The van der Waals surface area contributed by atoms with Crippen LogP contribution in [0.15, 0.2) is 22.7 Å². The first kappa shape index (κ1) is 14.6. The first-order valence-electron chi connectivity index (χ1n) is 6.40. The normalized spacial score (nSPS) is 20.5. The molecule has 0 bridgehead atoms. The molecule has 5 heteroatoms. The maximum absolute atomic E-state index is 13.2. The lowest BCUT2D eigenvalue weighted by atomic mass is 10.0. The van der Waals surface area contributed by atoms with Gasteiger partial charge < -0.3 is 4.74 Å². The van der Waals surface area contributed by atoms with Crippen molar-refractivity contribution in [3.8, 4) is 0 Å². The number of likely N-dealkylation sites (N-methyl/N-ethyl adjacent to an activating group) is 1. The van der Waals surface area contributed by atoms with Gasteiger partial charge in [-0.15, -0.1) is 0 Å². The average molecular weight is 330 g/mol. The first-order chi connectivity index (χ1) is 9.10. The van der Waals surface area contributed by atoms with Crippen LogP contribution in [0.3, 0.4) is 0 Å². The maximum Gasteiger partial charge on any atom is 0.167 e. The fourth-order valence-corrected chi connectivity index (χ4v) is 2.55. The number of nitrogens with zero attached hydrogens (tertiary/aromatic N) is 1. The molecule has 1 saturated heterocycles. The number of carbonyl (C=O) groups is 1. The van der Waals surface area contributed by atoms with E-state index in [4.69, 9.17) is 4.74 Å². The Bertz CT molecular complexity index is 467. The second kappa shape index (κ2) is 6.59. The van der Waals surface area contributed by atoms with Crippen LogP contribution in [0.4, 0.5) is 4.39 Å². The van der Waals surface area contributed by atoms with Crippen molar-refractivity contribution >= 4 is 21.7 Å². The lowest BCUT2D eigenvalue weighted by molar-refractivity contribution is -0.135. The smallest absolute Gasteiger partial charge is 0.167 e. The van der Waals surface area contributed by atoms with E-state index in [1.165, 1.54) is 12.1 Å². The summed E-state index contributed by atoms with van der Waals surface area (Å²) in [5.41, 5.74) is 0.669. The van der Waals surface area contributed by atoms with Crippen LogP contribution in [0.25, 0.3) is 0 Å². The van der Waals surface area contributed by atoms with E-state index in [-0.39, 0.29) is 18.0 Å². The Kier molecular flexibility index (Phi) is 5.07. The first-order valence-corrected chi connectivity index (χ1v) is 7.20. The Morgan fingerprint density at radius 3 is 3.11 bits per heavy atom. The van der Waals surface area contributed by atoms with Gasteiger partial charge in [-0.25, -0.2) is 4.39 Å². The predicted octanol–water partition coefficient (Wildman–Crippen LogP) is 2.42. The molecule has 1 aromatic rings. The molecule has 0 saturated carbocycles. The molecule has 104 valence electrons. The summed E-state index contributed by atoms with van der Waals surface area (Å²) in [6, 6.07) is 4.38. The summed E-state index contributed by atoms with van der Waals surface area (Å²) < 4.78 is 19.5. The molecule has 1 heterocycles. The molecule has 0 aromatic heterocycles. The molecule has 0 radical (unpaired) electrons. The third kappa shape index (κ3) is 3.84. The molecule has 19 heavy (non-hydrogen) atoms. The molecule has 0 amide bonds. The van der Waals surface area contributed by atoms with Crippen molar-refractivity contribution in [1.82, 2.24) is 4.90 Å². The van der Waals surface area contributed by atoms with Gasteiger partial charge in [-0.05, 0) is 30.3 Å². The summed E-state index contributed by atoms with van der Waals surface area (Å²) in [5, 5.41) is 0. The lowest BCUT2D eigenvalue weighted by Gasteiger charge is -2.31. The molecule has 1 unspecified atom stereocenters. The third-order valence-corrected chi connectivity index (χ3v) is 4.10. The molecular formula is C14H17BrFNO2. The number of ketones is 1. The van der Waals surface area contributed by atoms with Crippen LogP contribution in [-0.4, -0.2) is 43.0 Å². The average Bonchev–Trinajstić information content (AvgIpc) is 2.43. The van der Waals surface area contributed by atoms with E-state index in [0.29, 0.717) is 18.7 Å². The van der Waals surface area contributed by atoms with Gasteiger partial charge in [0.1, 0.15) is 11.9 Å². The zero-order valence-corrected chi connectivity index (χ0v) is 12.5. The van der Waals surface area contributed by atoms with Gasteiger partial charge in [-0.1, -0.05) is 22.9 Å². The Labute approximate surface area is 120 Å². The number of hydrogen-bond donors (Lipinski definition) is 0. The van der Waals surface area contributed by atoms with Crippen molar-refractivity contribution in [2.45, 2.75) is 19.4 Å². The number of ether oxygens (including phenoxy) is 1. The summed E-state index contributed by atoms with van der Waals surface area (Å²) >= 11 is 3.34. The number of hydrogen-bond acceptors (Lipinski definition) is 3. The topological polar surface area (TPSA) is 29.5 Å². The van der Waals surface area contributed by atoms with Crippen LogP contribution in [-0.2, 0) is 16.0 Å². The zero-order chi connectivity index (χ0) is 13.8.